The summed E-state index contributed by atoms with van der Waals surface area (Å²) in [5, 5.41) is 0. The van der Waals surface area contributed by atoms with E-state index in [4.69, 9.17) is 0 Å². The van der Waals surface area contributed by atoms with E-state index in [1.807, 2.05) is 12.1 Å². The average molecular weight is 259 g/mol. The number of hydrogen-bond acceptors (Lipinski definition) is 2. The zero-order chi connectivity index (χ0) is 13.5. The molecule has 0 saturated carbocycles. The Kier molecular flexibility index (Phi) is 5.59. The summed E-state index contributed by atoms with van der Waals surface area (Å²) in [4.78, 5) is 14.5. The van der Waals surface area contributed by atoms with Gasteiger partial charge in [0.1, 0.15) is 0 Å². The van der Waals surface area contributed by atoms with Crippen LogP contribution in [0.2, 0.25) is 0 Å². The van der Waals surface area contributed by atoms with E-state index in [2.05, 4.69) is 24.0 Å². The molecular formula is C17H25NO. The molecule has 0 spiro atoms. The fourth-order valence-electron chi connectivity index (χ4n) is 2.65. The van der Waals surface area contributed by atoms with Crippen LogP contribution in [0.3, 0.4) is 0 Å². The van der Waals surface area contributed by atoms with Crippen molar-refractivity contribution in [2.75, 3.05) is 19.6 Å². The molecule has 0 aromatic heterocycles. The SMILES string of the molecule is CCCCc1ccc(C(=O)CN2CCCCC2)cc1. The third-order valence-corrected chi connectivity index (χ3v) is 3.91. The van der Waals surface area contributed by atoms with Crippen LogP contribution < -0.4 is 0 Å². The van der Waals surface area contributed by atoms with Crippen LogP contribution in [-0.4, -0.2) is 30.3 Å². The molecule has 0 radical (unpaired) electrons. The first-order chi connectivity index (χ1) is 9.29. The Labute approximate surface area is 116 Å². The van der Waals surface area contributed by atoms with Crippen LogP contribution in [-0.2, 0) is 6.42 Å². The standard InChI is InChI=1S/C17H25NO/c1-2-3-7-15-8-10-16(11-9-15)17(19)14-18-12-5-4-6-13-18/h8-11H,2-7,12-14H2,1H3. The highest BCUT2D eigenvalue weighted by Crippen LogP contribution is 2.12. The zero-order valence-corrected chi connectivity index (χ0v) is 12.0. The van der Waals surface area contributed by atoms with E-state index >= 15 is 0 Å². The molecule has 0 aliphatic carbocycles. The topological polar surface area (TPSA) is 20.3 Å². The maximum atomic E-state index is 12.2. The van der Waals surface area contributed by atoms with Crippen molar-refractivity contribution in [3.63, 3.8) is 0 Å². The fraction of sp³-hybridized carbons (Fsp3) is 0.588. The van der Waals surface area contributed by atoms with E-state index in [0.717, 1.165) is 25.1 Å². The third-order valence-electron chi connectivity index (χ3n) is 3.91. The van der Waals surface area contributed by atoms with Crippen molar-refractivity contribution < 1.29 is 4.79 Å². The number of benzene rings is 1. The van der Waals surface area contributed by atoms with Gasteiger partial charge in [0.2, 0.25) is 0 Å². The molecule has 1 aliphatic rings. The molecule has 1 fully saturated rings. The number of Topliss-reactive ketones (excluding diaryl/α,β-unsaturated/α-hetero) is 1. The lowest BCUT2D eigenvalue weighted by Crippen LogP contribution is -2.34. The minimum Gasteiger partial charge on any atom is -0.296 e. The summed E-state index contributed by atoms with van der Waals surface area (Å²) in [7, 11) is 0. The van der Waals surface area contributed by atoms with Gasteiger partial charge in [0.05, 0.1) is 6.54 Å². The van der Waals surface area contributed by atoms with Gasteiger partial charge < -0.3 is 0 Å². The highest BCUT2D eigenvalue weighted by Gasteiger charge is 2.14. The predicted molar refractivity (Wildman–Crippen MR) is 79.7 cm³/mol. The molecule has 2 nitrogen and oxygen atoms in total. The van der Waals surface area contributed by atoms with Gasteiger partial charge in [-0.1, -0.05) is 44.0 Å². The third kappa shape index (κ3) is 4.46. The van der Waals surface area contributed by atoms with E-state index in [-0.39, 0.29) is 5.78 Å². The largest absolute Gasteiger partial charge is 0.296 e. The van der Waals surface area contributed by atoms with Gasteiger partial charge in [-0.3, -0.25) is 9.69 Å². The second kappa shape index (κ2) is 7.44. The van der Waals surface area contributed by atoms with Gasteiger partial charge in [0, 0.05) is 5.56 Å². The molecule has 0 amide bonds. The number of rotatable bonds is 6. The van der Waals surface area contributed by atoms with Gasteiger partial charge in [-0.25, -0.2) is 0 Å². The van der Waals surface area contributed by atoms with Crippen molar-refractivity contribution in [1.82, 2.24) is 4.90 Å². The summed E-state index contributed by atoms with van der Waals surface area (Å²) in [6.07, 6.45) is 7.36. The minimum absolute atomic E-state index is 0.268. The Morgan fingerprint density at radius 2 is 1.79 bits per heavy atom. The highest BCUT2D eigenvalue weighted by molar-refractivity contribution is 5.97. The van der Waals surface area contributed by atoms with E-state index in [1.165, 1.54) is 37.7 Å². The summed E-state index contributed by atoms with van der Waals surface area (Å²) < 4.78 is 0. The van der Waals surface area contributed by atoms with Crippen molar-refractivity contribution in [2.45, 2.75) is 45.4 Å². The Balaban J connectivity index is 1.87. The van der Waals surface area contributed by atoms with Crippen LogP contribution in [0.1, 0.15) is 54.9 Å². The zero-order valence-electron chi connectivity index (χ0n) is 12.0. The van der Waals surface area contributed by atoms with Crippen molar-refractivity contribution in [3.05, 3.63) is 35.4 Å². The lowest BCUT2D eigenvalue weighted by Gasteiger charge is -2.25. The molecule has 0 bridgehead atoms. The van der Waals surface area contributed by atoms with Crippen LogP contribution in [0.5, 0.6) is 0 Å². The number of ketones is 1. The first-order valence-electron chi connectivity index (χ1n) is 7.64. The molecule has 104 valence electrons. The molecule has 2 rings (SSSR count). The van der Waals surface area contributed by atoms with Crippen molar-refractivity contribution in [3.8, 4) is 0 Å². The molecule has 2 heteroatoms. The van der Waals surface area contributed by atoms with Gasteiger partial charge in [0.25, 0.3) is 0 Å². The average Bonchev–Trinajstić information content (AvgIpc) is 2.46. The van der Waals surface area contributed by atoms with Gasteiger partial charge >= 0.3 is 0 Å². The monoisotopic (exact) mass is 259 g/mol. The fourth-order valence-corrected chi connectivity index (χ4v) is 2.65. The van der Waals surface area contributed by atoms with E-state index in [1.54, 1.807) is 0 Å². The van der Waals surface area contributed by atoms with Crippen LogP contribution in [0.25, 0.3) is 0 Å². The smallest absolute Gasteiger partial charge is 0.176 e. The molecule has 1 aromatic carbocycles. The minimum atomic E-state index is 0.268. The Morgan fingerprint density at radius 1 is 1.11 bits per heavy atom. The van der Waals surface area contributed by atoms with Crippen LogP contribution in [0.15, 0.2) is 24.3 Å². The molecule has 0 atom stereocenters. The molecule has 1 heterocycles. The quantitative estimate of drug-likeness (QED) is 0.726. The second-order valence-electron chi connectivity index (χ2n) is 5.56. The number of carbonyl (C=O) groups excluding carboxylic acids is 1. The summed E-state index contributed by atoms with van der Waals surface area (Å²) in [6.45, 7) is 4.96. The molecular weight excluding hydrogens is 234 g/mol. The molecule has 1 saturated heterocycles. The summed E-state index contributed by atoms with van der Waals surface area (Å²) in [5.41, 5.74) is 2.21. The number of hydrogen-bond donors (Lipinski definition) is 0. The van der Waals surface area contributed by atoms with Gasteiger partial charge in [0.15, 0.2) is 5.78 Å². The highest BCUT2D eigenvalue weighted by atomic mass is 16.1. The second-order valence-corrected chi connectivity index (χ2v) is 5.56. The van der Waals surface area contributed by atoms with E-state index in [9.17, 15) is 4.79 Å². The van der Waals surface area contributed by atoms with E-state index < -0.39 is 0 Å². The Morgan fingerprint density at radius 3 is 2.42 bits per heavy atom. The summed E-state index contributed by atoms with van der Waals surface area (Å²) >= 11 is 0. The maximum Gasteiger partial charge on any atom is 0.176 e. The molecule has 0 unspecified atom stereocenters. The molecule has 19 heavy (non-hydrogen) atoms. The van der Waals surface area contributed by atoms with Crippen molar-refractivity contribution >= 4 is 5.78 Å². The van der Waals surface area contributed by atoms with Crippen LogP contribution >= 0.6 is 0 Å². The number of unbranched alkanes of at least 4 members (excludes halogenated alkanes) is 1. The van der Waals surface area contributed by atoms with Crippen molar-refractivity contribution in [1.29, 1.82) is 0 Å². The number of piperidine rings is 1. The number of likely N-dealkylation sites (tertiary alicyclic amines) is 1. The first-order valence-corrected chi connectivity index (χ1v) is 7.64. The van der Waals surface area contributed by atoms with E-state index in [0.29, 0.717) is 6.54 Å². The van der Waals surface area contributed by atoms with Crippen LogP contribution in [0, 0.1) is 0 Å². The normalized spacial score (nSPS) is 16.5. The summed E-state index contributed by atoms with van der Waals surface area (Å²) in [6, 6.07) is 8.22. The van der Waals surface area contributed by atoms with Gasteiger partial charge in [-0.05, 0) is 44.3 Å². The predicted octanol–water partition coefficient (Wildman–Crippen LogP) is 3.70. The van der Waals surface area contributed by atoms with Gasteiger partial charge in [-0.15, -0.1) is 0 Å². The lowest BCUT2D eigenvalue weighted by molar-refractivity contribution is 0.0915. The first kappa shape index (κ1) is 14.3. The number of aryl methyl sites for hydroxylation is 1. The molecule has 0 N–H and O–H groups in total. The lowest BCUT2D eigenvalue weighted by atomic mass is 10.0. The van der Waals surface area contributed by atoms with Crippen LogP contribution in [0.4, 0.5) is 0 Å². The molecule has 1 aliphatic heterocycles. The maximum absolute atomic E-state index is 12.2. The number of nitrogens with zero attached hydrogens (tertiary/aromatic N) is 1. The van der Waals surface area contributed by atoms with Gasteiger partial charge in [-0.2, -0.15) is 0 Å². The Hall–Kier alpha value is -1.15. The molecule has 1 aromatic rings. The Bertz CT molecular complexity index is 390. The number of carbonyl (C=O) groups is 1. The van der Waals surface area contributed by atoms with Crippen molar-refractivity contribution in [2.24, 2.45) is 0 Å². The summed E-state index contributed by atoms with van der Waals surface area (Å²) in [5.74, 6) is 0.268.